The van der Waals surface area contributed by atoms with Gasteiger partial charge in [-0.3, -0.25) is 4.79 Å². The lowest BCUT2D eigenvalue weighted by atomic mass is 9.74. The van der Waals surface area contributed by atoms with E-state index in [2.05, 4.69) is 19.2 Å². The molecule has 3 heteroatoms. The molecule has 17 heavy (non-hydrogen) atoms. The topological polar surface area (TPSA) is 55.1 Å². The van der Waals surface area contributed by atoms with Crippen molar-refractivity contribution >= 4 is 5.91 Å². The van der Waals surface area contributed by atoms with E-state index in [-0.39, 0.29) is 11.4 Å². The van der Waals surface area contributed by atoms with Gasteiger partial charge in [-0.05, 0) is 51.0 Å². The van der Waals surface area contributed by atoms with Crippen LogP contribution in [0.1, 0.15) is 65.2 Å². The molecule has 100 valence electrons. The van der Waals surface area contributed by atoms with Crippen LogP contribution in [0.2, 0.25) is 0 Å². The molecule has 1 amide bonds. The van der Waals surface area contributed by atoms with E-state index in [1.165, 1.54) is 6.42 Å². The zero-order chi connectivity index (χ0) is 12.7. The average Bonchev–Trinajstić information content (AvgIpc) is 2.29. The van der Waals surface area contributed by atoms with E-state index in [1.807, 2.05) is 0 Å². The highest BCUT2D eigenvalue weighted by Crippen LogP contribution is 2.34. The van der Waals surface area contributed by atoms with Gasteiger partial charge in [0.05, 0.1) is 0 Å². The maximum absolute atomic E-state index is 11.9. The third kappa shape index (κ3) is 4.30. The van der Waals surface area contributed by atoms with Crippen molar-refractivity contribution in [1.29, 1.82) is 0 Å². The van der Waals surface area contributed by atoms with Gasteiger partial charge in [0.15, 0.2) is 0 Å². The second-order valence-corrected chi connectivity index (χ2v) is 5.43. The summed E-state index contributed by atoms with van der Waals surface area (Å²) in [4.78, 5) is 11.9. The third-order valence-electron chi connectivity index (χ3n) is 4.32. The van der Waals surface area contributed by atoms with Crippen LogP contribution in [0, 0.1) is 5.92 Å². The van der Waals surface area contributed by atoms with Crippen LogP contribution in [0.15, 0.2) is 0 Å². The minimum Gasteiger partial charge on any atom is -0.351 e. The van der Waals surface area contributed by atoms with Gasteiger partial charge in [0.25, 0.3) is 0 Å². The standard InChI is InChI=1S/C14H28N2O/c1-3-12(8-11-15)6-7-13(17)16-14(4-2)9-5-10-14/h12H,3-11,15H2,1-2H3,(H,16,17). The molecule has 1 aliphatic rings. The van der Waals surface area contributed by atoms with Crippen LogP contribution >= 0.6 is 0 Å². The lowest BCUT2D eigenvalue weighted by molar-refractivity contribution is -0.124. The zero-order valence-corrected chi connectivity index (χ0v) is 11.4. The highest BCUT2D eigenvalue weighted by atomic mass is 16.1. The Hall–Kier alpha value is -0.570. The second kappa shape index (κ2) is 7.00. The van der Waals surface area contributed by atoms with Crippen LogP contribution in [0.4, 0.5) is 0 Å². The minimum absolute atomic E-state index is 0.145. The van der Waals surface area contributed by atoms with Crippen molar-refractivity contribution in [3.05, 3.63) is 0 Å². The monoisotopic (exact) mass is 240 g/mol. The molecule has 0 aromatic heterocycles. The minimum atomic E-state index is 0.145. The highest BCUT2D eigenvalue weighted by molar-refractivity contribution is 5.76. The maximum Gasteiger partial charge on any atom is 0.220 e. The molecule has 1 atom stereocenters. The molecular weight excluding hydrogens is 212 g/mol. The maximum atomic E-state index is 11.9. The lowest BCUT2D eigenvalue weighted by Crippen LogP contribution is -2.52. The molecule has 0 aromatic carbocycles. The molecule has 0 aliphatic heterocycles. The zero-order valence-electron chi connectivity index (χ0n) is 11.4. The SMILES string of the molecule is CCC(CCN)CCC(=O)NC1(CC)CCC1. The van der Waals surface area contributed by atoms with Crippen LogP contribution in [0.5, 0.6) is 0 Å². The Morgan fingerprint density at radius 2 is 2.06 bits per heavy atom. The van der Waals surface area contributed by atoms with Crippen LogP contribution < -0.4 is 11.1 Å². The van der Waals surface area contributed by atoms with Crippen LogP contribution in [-0.4, -0.2) is 18.0 Å². The number of carbonyl (C=O) groups excluding carboxylic acids is 1. The number of amides is 1. The molecule has 1 fully saturated rings. The summed E-state index contributed by atoms with van der Waals surface area (Å²) in [6, 6.07) is 0. The summed E-state index contributed by atoms with van der Waals surface area (Å²) < 4.78 is 0. The molecule has 3 N–H and O–H groups in total. The molecule has 1 rings (SSSR count). The molecule has 0 aromatic rings. The highest BCUT2D eigenvalue weighted by Gasteiger charge is 2.36. The number of nitrogens with two attached hydrogens (primary N) is 1. The molecule has 0 saturated heterocycles. The number of carbonyl (C=O) groups is 1. The summed E-state index contributed by atoms with van der Waals surface area (Å²) in [5.41, 5.74) is 5.71. The van der Waals surface area contributed by atoms with Crippen LogP contribution in [0.3, 0.4) is 0 Å². The Labute approximate surface area is 106 Å². The van der Waals surface area contributed by atoms with Gasteiger partial charge in [-0.1, -0.05) is 20.3 Å². The van der Waals surface area contributed by atoms with E-state index in [9.17, 15) is 4.79 Å². The van der Waals surface area contributed by atoms with Crippen molar-refractivity contribution in [3.8, 4) is 0 Å². The van der Waals surface area contributed by atoms with Crippen molar-refractivity contribution in [1.82, 2.24) is 5.32 Å². The molecule has 3 nitrogen and oxygen atoms in total. The van der Waals surface area contributed by atoms with Crippen molar-refractivity contribution < 1.29 is 4.79 Å². The first-order valence-electron chi connectivity index (χ1n) is 7.17. The quantitative estimate of drug-likeness (QED) is 0.685. The number of nitrogens with one attached hydrogen (secondary N) is 1. The smallest absolute Gasteiger partial charge is 0.220 e. The van der Waals surface area contributed by atoms with Crippen molar-refractivity contribution in [2.75, 3.05) is 6.54 Å². The van der Waals surface area contributed by atoms with E-state index in [1.54, 1.807) is 0 Å². The van der Waals surface area contributed by atoms with Crippen LogP contribution in [0.25, 0.3) is 0 Å². The molecule has 0 radical (unpaired) electrons. The van der Waals surface area contributed by atoms with Gasteiger partial charge >= 0.3 is 0 Å². The first kappa shape index (κ1) is 14.5. The first-order chi connectivity index (χ1) is 8.15. The van der Waals surface area contributed by atoms with E-state index >= 15 is 0 Å². The predicted octanol–water partition coefficient (Wildman–Crippen LogP) is 2.59. The molecule has 1 saturated carbocycles. The van der Waals surface area contributed by atoms with Gasteiger partial charge in [0.1, 0.15) is 0 Å². The summed E-state index contributed by atoms with van der Waals surface area (Å²) in [5, 5.41) is 3.23. The molecule has 0 heterocycles. The van der Waals surface area contributed by atoms with Gasteiger partial charge in [-0.2, -0.15) is 0 Å². The Morgan fingerprint density at radius 1 is 1.35 bits per heavy atom. The summed E-state index contributed by atoms with van der Waals surface area (Å²) in [6.45, 7) is 5.08. The molecular formula is C14H28N2O. The van der Waals surface area contributed by atoms with Gasteiger partial charge in [-0.15, -0.1) is 0 Å². The largest absolute Gasteiger partial charge is 0.351 e. The fourth-order valence-electron chi connectivity index (χ4n) is 2.65. The summed E-state index contributed by atoms with van der Waals surface area (Å²) >= 11 is 0. The summed E-state index contributed by atoms with van der Waals surface area (Å²) in [5.74, 6) is 0.853. The third-order valence-corrected chi connectivity index (χ3v) is 4.32. The first-order valence-corrected chi connectivity index (χ1v) is 7.17. The average molecular weight is 240 g/mol. The Kier molecular flexibility index (Phi) is 5.96. The van der Waals surface area contributed by atoms with Gasteiger partial charge in [0, 0.05) is 12.0 Å². The van der Waals surface area contributed by atoms with Gasteiger partial charge in [0.2, 0.25) is 5.91 Å². The predicted molar refractivity (Wildman–Crippen MR) is 71.7 cm³/mol. The Morgan fingerprint density at radius 3 is 2.47 bits per heavy atom. The van der Waals surface area contributed by atoms with Crippen molar-refractivity contribution in [3.63, 3.8) is 0 Å². The lowest BCUT2D eigenvalue weighted by Gasteiger charge is -2.42. The Balaban J connectivity index is 2.24. The van der Waals surface area contributed by atoms with E-state index in [0.717, 1.165) is 45.1 Å². The Bertz CT molecular complexity index is 231. The van der Waals surface area contributed by atoms with Gasteiger partial charge in [-0.25, -0.2) is 0 Å². The molecule has 1 unspecified atom stereocenters. The summed E-state index contributed by atoms with van der Waals surface area (Å²) in [6.07, 6.45) is 8.48. The van der Waals surface area contributed by atoms with Crippen molar-refractivity contribution in [2.45, 2.75) is 70.8 Å². The molecule has 0 bridgehead atoms. The second-order valence-electron chi connectivity index (χ2n) is 5.43. The number of rotatable bonds is 8. The normalized spacial score (nSPS) is 19.5. The fourth-order valence-corrected chi connectivity index (χ4v) is 2.65. The fraction of sp³-hybridized carbons (Fsp3) is 0.929. The van der Waals surface area contributed by atoms with E-state index in [0.29, 0.717) is 12.3 Å². The van der Waals surface area contributed by atoms with Crippen molar-refractivity contribution in [2.24, 2.45) is 11.7 Å². The summed E-state index contributed by atoms with van der Waals surface area (Å²) in [7, 11) is 0. The molecule has 0 spiro atoms. The van der Waals surface area contributed by atoms with Gasteiger partial charge < -0.3 is 11.1 Å². The van der Waals surface area contributed by atoms with E-state index < -0.39 is 0 Å². The number of hydrogen-bond donors (Lipinski definition) is 2. The van der Waals surface area contributed by atoms with Crippen LogP contribution in [-0.2, 0) is 4.79 Å². The molecule has 1 aliphatic carbocycles. The number of hydrogen-bond acceptors (Lipinski definition) is 2. The van der Waals surface area contributed by atoms with E-state index in [4.69, 9.17) is 5.73 Å².